The summed E-state index contributed by atoms with van der Waals surface area (Å²) < 4.78 is 10.2. The van der Waals surface area contributed by atoms with Crippen LogP contribution in [0.1, 0.15) is 17.0 Å². The third-order valence-electron chi connectivity index (χ3n) is 2.74. The highest BCUT2D eigenvalue weighted by atomic mass is 16.6. The minimum absolute atomic E-state index is 0.0344. The minimum atomic E-state index is -0.597. The van der Waals surface area contributed by atoms with Gasteiger partial charge in [0.2, 0.25) is 5.76 Å². The lowest BCUT2D eigenvalue weighted by Gasteiger charge is -2.06. The number of aryl methyl sites for hydroxylation is 1. The lowest BCUT2D eigenvalue weighted by Crippen LogP contribution is -2.20. The summed E-state index contributed by atoms with van der Waals surface area (Å²) >= 11 is 0. The average Bonchev–Trinajstić information content (AvgIpc) is 2.84. The number of benzene rings is 1. The van der Waals surface area contributed by atoms with Gasteiger partial charge in [-0.15, -0.1) is 0 Å². The lowest BCUT2D eigenvalue weighted by molar-refractivity contribution is -0.386. The first-order valence-electron chi connectivity index (χ1n) is 6.28. The molecule has 1 heterocycles. The van der Waals surface area contributed by atoms with Crippen LogP contribution in [0, 0.1) is 17.0 Å². The topological polar surface area (TPSA) is 121 Å². The molecule has 0 fully saturated rings. The van der Waals surface area contributed by atoms with Crippen LogP contribution in [0.5, 0.6) is 5.75 Å². The van der Waals surface area contributed by atoms with Crippen LogP contribution in [0.4, 0.5) is 5.69 Å². The highest BCUT2D eigenvalue weighted by molar-refractivity contribution is 5.76. The Morgan fingerprint density at radius 2 is 2.18 bits per heavy atom. The van der Waals surface area contributed by atoms with E-state index in [-0.39, 0.29) is 23.7 Å². The number of nitro groups is 1. The molecule has 8 nitrogen and oxygen atoms in total. The van der Waals surface area contributed by atoms with E-state index in [4.69, 9.17) is 15.0 Å². The van der Waals surface area contributed by atoms with Gasteiger partial charge in [-0.3, -0.25) is 14.9 Å². The Bertz CT molecular complexity index is 736. The maximum Gasteiger partial charge on any atom is 0.338 e. The molecule has 1 aromatic heterocycles. The number of carbonyl (C=O) groups is 1. The average molecular weight is 303 g/mol. The molecule has 1 aromatic carbocycles. The molecule has 0 spiro atoms. The number of ether oxygens (including phenoxy) is 1. The number of rotatable bonds is 6. The maximum absolute atomic E-state index is 11.0. The van der Waals surface area contributed by atoms with E-state index in [9.17, 15) is 14.9 Å². The van der Waals surface area contributed by atoms with Gasteiger partial charge in [-0.25, -0.2) is 0 Å². The monoisotopic (exact) mass is 303 g/mol. The molecule has 0 aliphatic carbocycles. The van der Waals surface area contributed by atoms with Crippen LogP contribution in [0.25, 0.3) is 12.2 Å². The van der Waals surface area contributed by atoms with Gasteiger partial charge in [0.1, 0.15) is 5.75 Å². The molecule has 0 unspecified atom stereocenters. The molecule has 22 heavy (non-hydrogen) atoms. The Hall–Kier alpha value is -3.16. The van der Waals surface area contributed by atoms with Crippen molar-refractivity contribution in [1.82, 2.24) is 5.16 Å². The van der Waals surface area contributed by atoms with E-state index in [0.717, 1.165) is 0 Å². The van der Waals surface area contributed by atoms with E-state index in [2.05, 4.69) is 5.16 Å². The van der Waals surface area contributed by atoms with Crippen molar-refractivity contribution in [2.75, 3.05) is 6.61 Å². The summed E-state index contributed by atoms with van der Waals surface area (Å²) in [6.45, 7) is 1.23. The Morgan fingerprint density at radius 1 is 1.45 bits per heavy atom. The van der Waals surface area contributed by atoms with Crippen LogP contribution in [-0.4, -0.2) is 22.6 Å². The molecular formula is C14H13N3O5. The number of amides is 1. The number of aromatic nitrogens is 1. The van der Waals surface area contributed by atoms with Crippen molar-refractivity contribution >= 4 is 23.7 Å². The molecular weight excluding hydrogens is 290 g/mol. The summed E-state index contributed by atoms with van der Waals surface area (Å²) in [5.74, 6) is -0.135. The number of nitrogens with zero attached hydrogens (tertiary/aromatic N) is 2. The van der Waals surface area contributed by atoms with Gasteiger partial charge in [-0.2, -0.15) is 0 Å². The van der Waals surface area contributed by atoms with Crippen molar-refractivity contribution in [2.24, 2.45) is 5.73 Å². The van der Waals surface area contributed by atoms with Crippen molar-refractivity contribution < 1.29 is 19.0 Å². The Balaban J connectivity index is 2.27. The van der Waals surface area contributed by atoms with E-state index >= 15 is 0 Å². The van der Waals surface area contributed by atoms with Gasteiger partial charge in [-0.1, -0.05) is 23.4 Å². The minimum Gasteiger partial charge on any atom is -0.483 e. The normalized spacial score (nSPS) is 10.8. The van der Waals surface area contributed by atoms with E-state index in [1.54, 1.807) is 30.3 Å². The Kier molecular flexibility index (Phi) is 4.52. The molecule has 8 heteroatoms. The summed E-state index contributed by atoms with van der Waals surface area (Å²) in [4.78, 5) is 21.2. The SMILES string of the molecule is Cc1noc(/C=C/c2ccccc2OCC(N)=O)c1[N+](=O)[O-]. The highest BCUT2D eigenvalue weighted by Gasteiger charge is 2.21. The fourth-order valence-electron chi connectivity index (χ4n) is 1.78. The number of hydrogen-bond donors (Lipinski definition) is 1. The molecule has 0 bridgehead atoms. The molecule has 0 saturated heterocycles. The van der Waals surface area contributed by atoms with E-state index < -0.39 is 10.8 Å². The summed E-state index contributed by atoms with van der Waals surface area (Å²) in [6, 6.07) is 6.87. The zero-order valence-electron chi connectivity index (χ0n) is 11.7. The fraction of sp³-hybridized carbons (Fsp3) is 0.143. The largest absolute Gasteiger partial charge is 0.483 e. The second-order valence-corrected chi connectivity index (χ2v) is 4.36. The molecule has 0 aliphatic heterocycles. The lowest BCUT2D eigenvalue weighted by atomic mass is 10.1. The molecule has 114 valence electrons. The summed E-state index contributed by atoms with van der Waals surface area (Å²) in [7, 11) is 0. The number of nitrogens with two attached hydrogens (primary N) is 1. The first kappa shape index (κ1) is 15.2. The maximum atomic E-state index is 11.0. The van der Waals surface area contributed by atoms with Gasteiger partial charge in [-0.05, 0) is 25.1 Å². The number of carbonyl (C=O) groups excluding carboxylic acids is 1. The standard InChI is InChI=1S/C14H13N3O5/c1-9-14(17(19)20)12(22-16-9)7-6-10-4-2-3-5-11(10)21-8-13(15)18/h2-7H,8H2,1H3,(H2,15,18)/b7-6+. The molecule has 1 amide bonds. The van der Waals surface area contributed by atoms with E-state index in [1.807, 2.05) is 0 Å². The van der Waals surface area contributed by atoms with Gasteiger partial charge >= 0.3 is 5.69 Å². The third kappa shape index (κ3) is 3.48. The molecule has 0 radical (unpaired) electrons. The van der Waals surface area contributed by atoms with Crippen LogP contribution in [0.15, 0.2) is 28.8 Å². The van der Waals surface area contributed by atoms with Crippen molar-refractivity contribution in [3.8, 4) is 5.75 Å². The first-order valence-corrected chi connectivity index (χ1v) is 6.28. The first-order chi connectivity index (χ1) is 10.5. The van der Waals surface area contributed by atoms with Gasteiger partial charge < -0.3 is 15.0 Å². The van der Waals surface area contributed by atoms with Crippen LogP contribution < -0.4 is 10.5 Å². The molecule has 0 aliphatic rings. The number of para-hydroxylation sites is 1. The summed E-state index contributed by atoms with van der Waals surface area (Å²) in [6.07, 6.45) is 2.99. The fourth-order valence-corrected chi connectivity index (χ4v) is 1.78. The molecule has 2 aromatic rings. The van der Waals surface area contributed by atoms with Gasteiger partial charge in [0.15, 0.2) is 12.3 Å². The smallest absolute Gasteiger partial charge is 0.338 e. The summed E-state index contributed by atoms with van der Waals surface area (Å²) in [5.41, 5.74) is 5.66. The number of hydrogen-bond acceptors (Lipinski definition) is 6. The molecule has 0 atom stereocenters. The Morgan fingerprint density at radius 3 is 2.86 bits per heavy atom. The van der Waals surface area contributed by atoms with Gasteiger partial charge in [0.05, 0.1) is 4.92 Å². The van der Waals surface area contributed by atoms with Crippen molar-refractivity contribution in [3.63, 3.8) is 0 Å². The predicted octanol–water partition coefficient (Wildman–Crippen LogP) is 1.93. The predicted molar refractivity (Wildman–Crippen MR) is 78.0 cm³/mol. The second-order valence-electron chi connectivity index (χ2n) is 4.36. The van der Waals surface area contributed by atoms with Gasteiger partial charge in [0.25, 0.3) is 5.91 Å². The zero-order valence-corrected chi connectivity index (χ0v) is 11.7. The number of primary amides is 1. The zero-order chi connectivity index (χ0) is 16.1. The second kappa shape index (κ2) is 6.53. The Labute approximate surface area is 125 Å². The van der Waals surface area contributed by atoms with Crippen LogP contribution in [-0.2, 0) is 4.79 Å². The van der Waals surface area contributed by atoms with Crippen LogP contribution >= 0.6 is 0 Å². The van der Waals surface area contributed by atoms with E-state index in [1.165, 1.54) is 13.0 Å². The molecule has 2 rings (SSSR count). The van der Waals surface area contributed by atoms with Crippen molar-refractivity contribution in [2.45, 2.75) is 6.92 Å². The van der Waals surface area contributed by atoms with Crippen molar-refractivity contribution in [3.05, 3.63) is 51.4 Å². The van der Waals surface area contributed by atoms with Crippen molar-refractivity contribution in [1.29, 1.82) is 0 Å². The molecule has 0 saturated carbocycles. The quantitative estimate of drug-likeness (QED) is 0.642. The third-order valence-corrected chi connectivity index (χ3v) is 2.74. The molecule has 2 N–H and O–H groups in total. The van der Waals surface area contributed by atoms with Gasteiger partial charge in [0, 0.05) is 5.56 Å². The van der Waals surface area contributed by atoms with E-state index in [0.29, 0.717) is 11.3 Å². The van der Waals surface area contributed by atoms with Crippen LogP contribution in [0.3, 0.4) is 0 Å². The summed E-state index contributed by atoms with van der Waals surface area (Å²) in [5, 5.41) is 14.5. The highest BCUT2D eigenvalue weighted by Crippen LogP contribution is 2.26. The van der Waals surface area contributed by atoms with Crippen LogP contribution in [0.2, 0.25) is 0 Å².